The Morgan fingerprint density at radius 2 is 1.88 bits per heavy atom. The van der Waals surface area contributed by atoms with Crippen molar-refractivity contribution in [1.82, 2.24) is 10.2 Å². The molecule has 1 heterocycles. The fraction of sp³-hybridized carbons (Fsp3) is 1.00. The van der Waals surface area contributed by atoms with Crippen LogP contribution in [-0.4, -0.2) is 48.8 Å². The van der Waals surface area contributed by atoms with Crippen LogP contribution < -0.4 is 5.32 Å². The molecule has 0 bridgehead atoms. The van der Waals surface area contributed by atoms with E-state index in [-0.39, 0.29) is 0 Å². The van der Waals surface area contributed by atoms with Gasteiger partial charge in [0.2, 0.25) is 0 Å². The molecule has 1 aliphatic heterocycles. The van der Waals surface area contributed by atoms with E-state index in [4.69, 9.17) is 4.74 Å². The summed E-state index contributed by atoms with van der Waals surface area (Å²) in [5, 5.41) is 3.62. The Balaban J connectivity index is 1.87. The van der Waals surface area contributed by atoms with E-state index in [1.54, 1.807) is 0 Å². The number of ether oxygens (including phenoxy) is 1. The highest BCUT2D eigenvalue weighted by Crippen LogP contribution is 2.25. The van der Waals surface area contributed by atoms with Crippen molar-refractivity contribution in [2.75, 3.05) is 19.6 Å². The molecule has 0 aromatic heterocycles. The van der Waals surface area contributed by atoms with Crippen LogP contribution in [0.25, 0.3) is 0 Å². The van der Waals surface area contributed by atoms with Gasteiger partial charge in [0.1, 0.15) is 0 Å². The zero-order valence-electron chi connectivity index (χ0n) is 11.6. The third-order valence-corrected chi connectivity index (χ3v) is 4.10. The Bertz CT molecular complexity index is 222. The van der Waals surface area contributed by atoms with Crippen molar-refractivity contribution in [3.8, 4) is 0 Å². The van der Waals surface area contributed by atoms with Crippen LogP contribution in [0.15, 0.2) is 0 Å². The Kier molecular flexibility index (Phi) is 4.83. The lowest BCUT2D eigenvalue weighted by Crippen LogP contribution is -2.52. The largest absolute Gasteiger partial charge is 0.373 e. The molecular formula is C14H28N2O. The standard InChI is InChI=1S/C14H28N2O/c1-4-15-13-6-5-7-14(8-13)16-9-11(2)17-12(3)10-16/h11-15H,4-10H2,1-3H3. The van der Waals surface area contributed by atoms with Crippen LogP contribution in [-0.2, 0) is 4.74 Å². The molecule has 4 atom stereocenters. The topological polar surface area (TPSA) is 24.5 Å². The molecule has 1 saturated heterocycles. The van der Waals surface area contributed by atoms with Gasteiger partial charge < -0.3 is 10.1 Å². The Hall–Kier alpha value is -0.120. The third-order valence-electron chi connectivity index (χ3n) is 4.10. The fourth-order valence-electron chi connectivity index (χ4n) is 3.49. The van der Waals surface area contributed by atoms with Crippen molar-refractivity contribution in [2.45, 2.75) is 70.7 Å². The predicted octanol–water partition coefficient (Wildman–Crippen LogP) is 2.02. The van der Waals surface area contributed by atoms with Crippen molar-refractivity contribution >= 4 is 0 Å². The van der Waals surface area contributed by atoms with Gasteiger partial charge in [-0.05, 0) is 39.7 Å². The molecule has 2 fully saturated rings. The van der Waals surface area contributed by atoms with Crippen molar-refractivity contribution in [2.24, 2.45) is 0 Å². The molecule has 2 aliphatic rings. The molecule has 1 aliphatic carbocycles. The van der Waals surface area contributed by atoms with Crippen molar-refractivity contribution in [1.29, 1.82) is 0 Å². The van der Waals surface area contributed by atoms with E-state index in [1.807, 2.05) is 0 Å². The maximum atomic E-state index is 5.82. The van der Waals surface area contributed by atoms with E-state index in [0.29, 0.717) is 12.2 Å². The number of nitrogens with one attached hydrogen (secondary N) is 1. The zero-order chi connectivity index (χ0) is 12.3. The SMILES string of the molecule is CCNC1CCCC(N2CC(C)OC(C)C2)C1. The molecule has 0 spiro atoms. The van der Waals surface area contributed by atoms with Gasteiger partial charge in [0.15, 0.2) is 0 Å². The molecule has 100 valence electrons. The van der Waals surface area contributed by atoms with Crippen molar-refractivity contribution in [3.05, 3.63) is 0 Å². The van der Waals surface area contributed by atoms with E-state index >= 15 is 0 Å². The van der Waals surface area contributed by atoms with Crippen molar-refractivity contribution < 1.29 is 4.74 Å². The van der Waals surface area contributed by atoms with Crippen LogP contribution >= 0.6 is 0 Å². The Morgan fingerprint density at radius 3 is 2.53 bits per heavy atom. The maximum absolute atomic E-state index is 5.82. The molecule has 2 rings (SSSR count). The molecule has 1 N–H and O–H groups in total. The number of hydrogen-bond donors (Lipinski definition) is 1. The van der Waals surface area contributed by atoms with Gasteiger partial charge >= 0.3 is 0 Å². The first-order chi connectivity index (χ1) is 8.19. The molecule has 17 heavy (non-hydrogen) atoms. The van der Waals surface area contributed by atoms with Crippen LogP contribution in [0.3, 0.4) is 0 Å². The number of rotatable bonds is 3. The normalized spacial score (nSPS) is 40.4. The second kappa shape index (κ2) is 6.17. The predicted molar refractivity (Wildman–Crippen MR) is 71.3 cm³/mol. The highest BCUT2D eigenvalue weighted by atomic mass is 16.5. The summed E-state index contributed by atoms with van der Waals surface area (Å²) in [6.07, 6.45) is 6.24. The lowest BCUT2D eigenvalue weighted by atomic mass is 9.89. The lowest BCUT2D eigenvalue weighted by molar-refractivity contribution is -0.0851. The monoisotopic (exact) mass is 240 g/mol. The lowest BCUT2D eigenvalue weighted by Gasteiger charge is -2.43. The van der Waals surface area contributed by atoms with Crippen LogP contribution in [0, 0.1) is 0 Å². The number of hydrogen-bond acceptors (Lipinski definition) is 3. The molecule has 0 aromatic rings. The third kappa shape index (κ3) is 3.67. The minimum Gasteiger partial charge on any atom is -0.373 e. The minimum atomic E-state index is 0.401. The van der Waals surface area contributed by atoms with Gasteiger partial charge in [0.25, 0.3) is 0 Å². The van der Waals surface area contributed by atoms with Gasteiger partial charge in [0.05, 0.1) is 12.2 Å². The summed E-state index contributed by atoms with van der Waals surface area (Å²) < 4.78 is 5.82. The first kappa shape index (κ1) is 13.3. The quantitative estimate of drug-likeness (QED) is 0.817. The summed E-state index contributed by atoms with van der Waals surface area (Å²) in [5.41, 5.74) is 0. The smallest absolute Gasteiger partial charge is 0.0678 e. The highest BCUT2D eigenvalue weighted by molar-refractivity contribution is 4.87. The van der Waals surface area contributed by atoms with Crippen LogP contribution in [0.5, 0.6) is 0 Å². The summed E-state index contributed by atoms with van der Waals surface area (Å²) in [6, 6.07) is 1.52. The van der Waals surface area contributed by atoms with Gasteiger partial charge in [0, 0.05) is 25.2 Å². The van der Waals surface area contributed by atoms with Crippen LogP contribution in [0.1, 0.15) is 46.5 Å². The van der Waals surface area contributed by atoms with Gasteiger partial charge in [-0.1, -0.05) is 13.3 Å². The summed E-state index contributed by atoms with van der Waals surface area (Å²) in [6.45, 7) is 9.96. The minimum absolute atomic E-state index is 0.401. The molecule has 0 aromatic carbocycles. The van der Waals surface area contributed by atoms with Crippen LogP contribution in [0.4, 0.5) is 0 Å². The van der Waals surface area contributed by atoms with Crippen LogP contribution in [0.2, 0.25) is 0 Å². The van der Waals surface area contributed by atoms with E-state index in [0.717, 1.165) is 31.7 Å². The van der Waals surface area contributed by atoms with E-state index in [1.165, 1.54) is 25.7 Å². The molecule has 1 saturated carbocycles. The van der Waals surface area contributed by atoms with E-state index in [2.05, 4.69) is 31.0 Å². The van der Waals surface area contributed by atoms with Gasteiger partial charge in [-0.25, -0.2) is 0 Å². The first-order valence-corrected chi connectivity index (χ1v) is 7.32. The molecule has 0 amide bonds. The Labute approximate surface area is 106 Å². The zero-order valence-corrected chi connectivity index (χ0v) is 11.6. The van der Waals surface area contributed by atoms with E-state index in [9.17, 15) is 0 Å². The molecule has 4 unspecified atom stereocenters. The van der Waals surface area contributed by atoms with Gasteiger partial charge in [-0.2, -0.15) is 0 Å². The molecule has 3 nitrogen and oxygen atoms in total. The second-order valence-corrected chi connectivity index (χ2v) is 5.79. The van der Waals surface area contributed by atoms with Gasteiger partial charge in [-0.3, -0.25) is 4.90 Å². The maximum Gasteiger partial charge on any atom is 0.0678 e. The fourth-order valence-corrected chi connectivity index (χ4v) is 3.49. The molecule has 3 heteroatoms. The van der Waals surface area contributed by atoms with Crippen molar-refractivity contribution in [3.63, 3.8) is 0 Å². The summed E-state index contributed by atoms with van der Waals surface area (Å²) in [7, 11) is 0. The summed E-state index contributed by atoms with van der Waals surface area (Å²) >= 11 is 0. The average molecular weight is 240 g/mol. The van der Waals surface area contributed by atoms with E-state index < -0.39 is 0 Å². The second-order valence-electron chi connectivity index (χ2n) is 5.79. The summed E-state index contributed by atoms with van der Waals surface area (Å²) in [4.78, 5) is 2.67. The Morgan fingerprint density at radius 1 is 1.18 bits per heavy atom. The highest BCUT2D eigenvalue weighted by Gasteiger charge is 2.31. The number of morpholine rings is 1. The number of nitrogens with zero attached hydrogens (tertiary/aromatic N) is 1. The first-order valence-electron chi connectivity index (χ1n) is 7.32. The average Bonchev–Trinajstić information content (AvgIpc) is 2.28. The summed E-state index contributed by atoms with van der Waals surface area (Å²) in [5.74, 6) is 0. The van der Waals surface area contributed by atoms with Gasteiger partial charge in [-0.15, -0.1) is 0 Å². The molecule has 0 radical (unpaired) electrons. The molecular weight excluding hydrogens is 212 g/mol.